The largest absolute Gasteiger partial charge is 0.352 e. The maximum atomic E-state index is 13.9. The van der Waals surface area contributed by atoms with Crippen molar-refractivity contribution in [2.45, 2.75) is 12.8 Å². The van der Waals surface area contributed by atoms with E-state index in [9.17, 15) is 14.0 Å². The fraction of sp³-hybridized carbons (Fsp3) is 0.160. The number of amides is 1. The van der Waals surface area contributed by atoms with Crippen LogP contribution in [0.5, 0.6) is 0 Å². The summed E-state index contributed by atoms with van der Waals surface area (Å²) in [7, 11) is 1.64. The first kappa shape index (κ1) is 20.5. The molecule has 0 radical (unpaired) electrons. The molecule has 0 saturated heterocycles. The predicted octanol–water partition coefficient (Wildman–Crippen LogP) is 4.10. The van der Waals surface area contributed by atoms with Gasteiger partial charge in [0.25, 0.3) is 11.5 Å². The highest BCUT2D eigenvalue weighted by Crippen LogP contribution is 2.23. The number of benzene rings is 3. The highest BCUT2D eigenvalue weighted by molar-refractivity contribution is 5.97. The Labute approximate surface area is 179 Å². The lowest BCUT2D eigenvalue weighted by atomic mass is 10.0. The van der Waals surface area contributed by atoms with Crippen LogP contribution in [0.1, 0.15) is 22.3 Å². The summed E-state index contributed by atoms with van der Waals surface area (Å²) in [5.41, 5.74) is 3.39. The molecule has 6 heteroatoms. The SMILES string of the molecule is Cn1cnc2cc(C(=O)NCCCc3ccc(-c4ccccc4F)cc3)ccc2c1=O. The van der Waals surface area contributed by atoms with Crippen molar-refractivity contribution in [3.8, 4) is 11.1 Å². The third kappa shape index (κ3) is 4.53. The number of nitrogens with one attached hydrogen (secondary N) is 1. The Hall–Kier alpha value is -3.80. The highest BCUT2D eigenvalue weighted by atomic mass is 19.1. The minimum absolute atomic E-state index is 0.141. The van der Waals surface area contributed by atoms with Gasteiger partial charge in [-0.3, -0.25) is 9.59 Å². The quantitative estimate of drug-likeness (QED) is 0.482. The molecule has 0 aliphatic rings. The molecule has 0 unspecified atom stereocenters. The maximum absolute atomic E-state index is 13.9. The summed E-state index contributed by atoms with van der Waals surface area (Å²) in [6, 6.07) is 19.4. The fourth-order valence-electron chi connectivity index (χ4n) is 3.49. The number of aromatic nitrogens is 2. The summed E-state index contributed by atoms with van der Waals surface area (Å²) in [5, 5.41) is 3.39. The normalized spacial score (nSPS) is 10.9. The molecular formula is C25H22FN3O2. The average molecular weight is 415 g/mol. The third-order valence-electron chi connectivity index (χ3n) is 5.25. The molecule has 0 aliphatic carbocycles. The van der Waals surface area contributed by atoms with Gasteiger partial charge in [0.2, 0.25) is 0 Å². The van der Waals surface area contributed by atoms with Gasteiger partial charge < -0.3 is 9.88 Å². The van der Waals surface area contributed by atoms with Crippen molar-refractivity contribution in [2.75, 3.05) is 6.54 Å². The Morgan fingerprint density at radius 3 is 2.61 bits per heavy atom. The van der Waals surface area contributed by atoms with E-state index < -0.39 is 0 Å². The van der Waals surface area contributed by atoms with E-state index in [1.165, 1.54) is 17.0 Å². The van der Waals surface area contributed by atoms with Crippen molar-refractivity contribution in [2.24, 2.45) is 7.05 Å². The molecule has 5 nitrogen and oxygen atoms in total. The Kier molecular flexibility index (Phi) is 5.89. The van der Waals surface area contributed by atoms with E-state index in [0.29, 0.717) is 28.6 Å². The van der Waals surface area contributed by atoms with Crippen LogP contribution in [0.4, 0.5) is 4.39 Å². The van der Waals surface area contributed by atoms with Crippen LogP contribution in [0.3, 0.4) is 0 Å². The van der Waals surface area contributed by atoms with Crippen molar-refractivity contribution in [3.05, 3.63) is 100 Å². The van der Waals surface area contributed by atoms with Gasteiger partial charge in [0.1, 0.15) is 5.82 Å². The molecule has 4 rings (SSSR count). The predicted molar refractivity (Wildman–Crippen MR) is 119 cm³/mol. The zero-order valence-corrected chi connectivity index (χ0v) is 17.1. The monoisotopic (exact) mass is 415 g/mol. The lowest BCUT2D eigenvalue weighted by Gasteiger charge is -2.08. The summed E-state index contributed by atoms with van der Waals surface area (Å²) >= 11 is 0. The molecule has 1 heterocycles. The van der Waals surface area contributed by atoms with Gasteiger partial charge in [-0.2, -0.15) is 0 Å². The molecule has 1 N–H and O–H groups in total. The van der Waals surface area contributed by atoms with Crippen LogP contribution in [0.15, 0.2) is 77.9 Å². The molecule has 3 aromatic carbocycles. The lowest BCUT2D eigenvalue weighted by Crippen LogP contribution is -2.25. The number of fused-ring (bicyclic) bond motifs is 1. The maximum Gasteiger partial charge on any atom is 0.260 e. The van der Waals surface area contributed by atoms with Crippen molar-refractivity contribution in [3.63, 3.8) is 0 Å². The summed E-state index contributed by atoms with van der Waals surface area (Å²) in [6.07, 6.45) is 3.02. The van der Waals surface area contributed by atoms with E-state index in [1.54, 1.807) is 37.4 Å². The molecule has 0 aliphatic heterocycles. The zero-order chi connectivity index (χ0) is 21.8. The van der Waals surface area contributed by atoms with Crippen LogP contribution in [0.2, 0.25) is 0 Å². The first-order valence-corrected chi connectivity index (χ1v) is 10.1. The second kappa shape index (κ2) is 8.92. The number of carbonyl (C=O) groups excluding carboxylic acids is 1. The summed E-state index contributed by atoms with van der Waals surface area (Å²) in [4.78, 5) is 28.7. The number of hydrogen-bond donors (Lipinski definition) is 1. The summed E-state index contributed by atoms with van der Waals surface area (Å²) in [5.74, 6) is -0.429. The van der Waals surface area contributed by atoms with Crippen molar-refractivity contribution < 1.29 is 9.18 Å². The van der Waals surface area contributed by atoms with Gasteiger partial charge in [0.05, 0.1) is 17.2 Å². The molecule has 4 aromatic rings. The van der Waals surface area contributed by atoms with Crippen molar-refractivity contribution >= 4 is 16.8 Å². The fourth-order valence-corrected chi connectivity index (χ4v) is 3.49. The van der Waals surface area contributed by atoms with Gasteiger partial charge in [-0.1, -0.05) is 42.5 Å². The van der Waals surface area contributed by atoms with E-state index in [2.05, 4.69) is 10.3 Å². The summed E-state index contributed by atoms with van der Waals surface area (Å²) < 4.78 is 15.3. The van der Waals surface area contributed by atoms with E-state index in [1.807, 2.05) is 30.3 Å². The minimum Gasteiger partial charge on any atom is -0.352 e. The number of halogens is 1. The smallest absolute Gasteiger partial charge is 0.260 e. The van der Waals surface area contributed by atoms with Gasteiger partial charge in [0, 0.05) is 24.7 Å². The van der Waals surface area contributed by atoms with Crippen LogP contribution in [-0.2, 0) is 13.5 Å². The zero-order valence-electron chi connectivity index (χ0n) is 17.1. The second-order valence-corrected chi connectivity index (χ2v) is 7.43. The third-order valence-corrected chi connectivity index (χ3v) is 5.25. The number of nitrogens with zero attached hydrogens (tertiary/aromatic N) is 2. The average Bonchev–Trinajstić information content (AvgIpc) is 2.80. The standard InChI is InChI=1S/C25H22FN3O2/c1-29-16-28-23-15-19(12-13-21(23)25(29)31)24(30)27-14-4-5-17-8-10-18(11-9-17)20-6-2-3-7-22(20)26/h2-3,6-13,15-16H,4-5,14H2,1H3,(H,27,30). The molecule has 0 spiro atoms. The Balaban J connectivity index is 1.32. The number of hydrogen-bond acceptors (Lipinski definition) is 3. The van der Waals surface area contributed by atoms with E-state index in [0.717, 1.165) is 24.0 Å². The molecular weight excluding hydrogens is 393 g/mol. The van der Waals surface area contributed by atoms with Crippen molar-refractivity contribution in [1.82, 2.24) is 14.9 Å². The van der Waals surface area contributed by atoms with Gasteiger partial charge in [-0.05, 0) is 48.2 Å². The molecule has 0 atom stereocenters. The van der Waals surface area contributed by atoms with Gasteiger partial charge in [0.15, 0.2) is 0 Å². The molecule has 1 aromatic heterocycles. The molecule has 156 valence electrons. The van der Waals surface area contributed by atoms with Crippen LogP contribution in [0, 0.1) is 5.82 Å². The van der Waals surface area contributed by atoms with E-state index in [4.69, 9.17) is 0 Å². The molecule has 0 saturated carbocycles. The van der Waals surface area contributed by atoms with Crippen LogP contribution >= 0.6 is 0 Å². The number of rotatable bonds is 6. The highest BCUT2D eigenvalue weighted by Gasteiger charge is 2.09. The molecule has 0 bridgehead atoms. The molecule has 31 heavy (non-hydrogen) atoms. The topological polar surface area (TPSA) is 64.0 Å². The first-order chi connectivity index (χ1) is 15.0. The van der Waals surface area contributed by atoms with Crippen LogP contribution < -0.4 is 10.9 Å². The van der Waals surface area contributed by atoms with E-state index in [-0.39, 0.29) is 17.3 Å². The Bertz CT molecular complexity index is 1300. The van der Waals surface area contributed by atoms with Gasteiger partial charge in [-0.25, -0.2) is 9.37 Å². The van der Waals surface area contributed by atoms with E-state index >= 15 is 0 Å². The molecule has 1 amide bonds. The van der Waals surface area contributed by atoms with Gasteiger partial charge >= 0.3 is 0 Å². The Morgan fingerprint density at radius 2 is 1.84 bits per heavy atom. The van der Waals surface area contributed by atoms with Gasteiger partial charge in [-0.15, -0.1) is 0 Å². The second-order valence-electron chi connectivity index (χ2n) is 7.43. The van der Waals surface area contributed by atoms with Crippen LogP contribution in [-0.4, -0.2) is 22.0 Å². The number of carbonyl (C=O) groups is 1. The summed E-state index contributed by atoms with van der Waals surface area (Å²) in [6.45, 7) is 0.524. The van der Waals surface area contributed by atoms with Crippen LogP contribution in [0.25, 0.3) is 22.0 Å². The lowest BCUT2D eigenvalue weighted by molar-refractivity contribution is 0.0953. The first-order valence-electron chi connectivity index (χ1n) is 10.1. The Morgan fingerprint density at radius 1 is 1.06 bits per heavy atom. The number of aryl methyl sites for hydroxylation is 2. The molecule has 0 fully saturated rings. The minimum atomic E-state index is -0.234. The van der Waals surface area contributed by atoms with Crippen molar-refractivity contribution in [1.29, 1.82) is 0 Å².